The van der Waals surface area contributed by atoms with Crippen molar-refractivity contribution in [3.8, 4) is 11.5 Å². The quantitative estimate of drug-likeness (QED) is 0.434. The van der Waals surface area contributed by atoms with Gasteiger partial charge in [0.1, 0.15) is 17.3 Å². The molecule has 2 aromatic carbocycles. The number of ether oxygens (including phenoxy) is 2. The smallest absolute Gasteiger partial charge is 0.227 e. The Balaban J connectivity index is 1.33. The molecule has 1 aliphatic heterocycles. The molecule has 0 radical (unpaired) electrons. The second kappa shape index (κ2) is 9.66. The van der Waals surface area contributed by atoms with Crippen LogP contribution in [0.3, 0.4) is 0 Å². The largest absolute Gasteiger partial charge is 0.497 e. The Hall–Kier alpha value is -4.07. The number of pyridine rings is 1. The molecule has 35 heavy (non-hydrogen) atoms. The van der Waals surface area contributed by atoms with Crippen LogP contribution < -0.4 is 24.6 Å². The van der Waals surface area contributed by atoms with Crippen LogP contribution in [0, 0.1) is 13.8 Å². The van der Waals surface area contributed by atoms with Crippen LogP contribution in [0.2, 0.25) is 0 Å². The average Bonchev–Trinajstić information content (AvgIpc) is 2.87. The highest BCUT2D eigenvalue weighted by atomic mass is 16.5. The number of hydrogen-bond donors (Lipinski definition) is 1. The number of piperazine rings is 1. The van der Waals surface area contributed by atoms with Gasteiger partial charge in [0.05, 0.1) is 19.7 Å². The number of methoxy groups -OCH3 is 2. The molecular formula is C27H30N6O2. The summed E-state index contributed by atoms with van der Waals surface area (Å²) in [5.41, 5.74) is 5.24. The van der Waals surface area contributed by atoms with Gasteiger partial charge in [0.2, 0.25) is 5.95 Å². The lowest BCUT2D eigenvalue weighted by Gasteiger charge is -2.36. The van der Waals surface area contributed by atoms with Gasteiger partial charge in [-0.25, -0.2) is 4.98 Å². The number of hydrogen-bond acceptors (Lipinski definition) is 8. The van der Waals surface area contributed by atoms with E-state index in [9.17, 15) is 0 Å². The maximum absolute atomic E-state index is 5.39. The van der Waals surface area contributed by atoms with Gasteiger partial charge in [-0.2, -0.15) is 4.98 Å². The Morgan fingerprint density at radius 3 is 2.23 bits per heavy atom. The first-order valence-electron chi connectivity index (χ1n) is 11.7. The van der Waals surface area contributed by atoms with E-state index >= 15 is 0 Å². The number of anilines is 4. The highest BCUT2D eigenvalue weighted by Crippen LogP contribution is 2.30. The van der Waals surface area contributed by atoms with E-state index in [1.807, 2.05) is 37.4 Å². The molecule has 0 spiro atoms. The molecule has 8 nitrogen and oxygen atoms in total. The van der Waals surface area contributed by atoms with Gasteiger partial charge in [-0.3, -0.25) is 4.98 Å². The normalized spacial score (nSPS) is 13.7. The van der Waals surface area contributed by atoms with E-state index < -0.39 is 0 Å². The van der Waals surface area contributed by atoms with Gasteiger partial charge < -0.3 is 24.6 Å². The van der Waals surface area contributed by atoms with Crippen LogP contribution in [0.5, 0.6) is 11.5 Å². The van der Waals surface area contributed by atoms with Crippen molar-refractivity contribution in [3.63, 3.8) is 0 Å². The number of benzene rings is 2. The van der Waals surface area contributed by atoms with Crippen LogP contribution in [-0.2, 0) is 0 Å². The maximum atomic E-state index is 5.39. The second-order valence-corrected chi connectivity index (χ2v) is 8.75. The van der Waals surface area contributed by atoms with Crippen molar-refractivity contribution in [2.24, 2.45) is 0 Å². The molecule has 180 valence electrons. The van der Waals surface area contributed by atoms with Crippen LogP contribution in [0.1, 0.15) is 11.3 Å². The Morgan fingerprint density at radius 1 is 0.800 bits per heavy atom. The molecule has 4 aromatic rings. The van der Waals surface area contributed by atoms with Crippen molar-refractivity contribution in [2.45, 2.75) is 13.8 Å². The summed E-state index contributed by atoms with van der Waals surface area (Å²) in [6.45, 7) is 7.55. The minimum Gasteiger partial charge on any atom is -0.497 e. The Labute approximate surface area is 205 Å². The molecule has 0 amide bonds. The minimum atomic E-state index is 0.716. The molecule has 1 aliphatic rings. The third kappa shape index (κ3) is 4.91. The van der Waals surface area contributed by atoms with Gasteiger partial charge in [-0.1, -0.05) is 12.1 Å². The monoisotopic (exact) mass is 470 g/mol. The lowest BCUT2D eigenvalue weighted by atomic mass is 10.1. The minimum absolute atomic E-state index is 0.716. The average molecular weight is 471 g/mol. The third-order valence-electron chi connectivity index (χ3n) is 6.24. The Morgan fingerprint density at radius 2 is 1.51 bits per heavy atom. The molecule has 0 saturated carbocycles. The zero-order chi connectivity index (χ0) is 24.4. The fourth-order valence-electron chi connectivity index (χ4n) is 4.45. The lowest BCUT2D eigenvalue weighted by Crippen LogP contribution is -2.47. The van der Waals surface area contributed by atoms with Gasteiger partial charge in [0, 0.05) is 79.1 Å². The first-order chi connectivity index (χ1) is 17.0. The summed E-state index contributed by atoms with van der Waals surface area (Å²) >= 11 is 0. The van der Waals surface area contributed by atoms with Crippen molar-refractivity contribution < 1.29 is 9.47 Å². The Kier molecular flexibility index (Phi) is 6.27. The van der Waals surface area contributed by atoms with Crippen LogP contribution >= 0.6 is 0 Å². The van der Waals surface area contributed by atoms with E-state index in [0.717, 1.165) is 54.8 Å². The summed E-state index contributed by atoms with van der Waals surface area (Å²) in [7, 11) is 3.28. The molecule has 1 fully saturated rings. The lowest BCUT2D eigenvalue weighted by molar-refractivity contribution is 0.395. The van der Waals surface area contributed by atoms with E-state index in [2.05, 4.69) is 51.3 Å². The predicted molar refractivity (Wildman–Crippen MR) is 141 cm³/mol. The third-order valence-corrected chi connectivity index (χ3v) is 6.24. The van der Waals surface area contributed by atoms with Gasteiger partial charge >= 0.3 is 0 Å². The zero-order valence-corrected chi connectivity index (χ0v) is 20.6. The molecule has 1 saturated heterocycles. The zero-order valence-electron chi connectivity index (χ0n) is 20.6. The fourth-order valence-corrected chi connectivity index (χ4v) is 4.45. The molecule has 0 aliphatic carbocycles. The highest BCUT2D eigenvalue weighted by molar-refractivity contribution is 5.92. The van der Waals surface area contributed by atoms with E-state index in [1.165, 1.54) is 16.6 Å². The maximum Gasteiger partial charge on any atom is 0.227 e. The van der Waals surface area contributed by atoms with Crippen molar-refractivity contribution in [1.29, 1.82) is 0 Å². The molecular weight excluding hydrogens is 440 g/mol. The van der Waals surface area contributed by atoms with E-state index in [-0.39, 0.29) is 0 Å². The van der Waals surface area contributed by atoms with E-state index in [0.29, 0.717) is 11.5 Å². The number of aryl methyl sites for hydroxylation is 2. The summed E-state index contributed by atoms with van der Waals surface area (Å²) in [6.07, 6.45) is 1.90. The van der Waals surface area contributed by atoms with Crippen LogP contribution in [0.25, 0.3) is 10.9 Å². The molecule has 8 heteroatoms. The van der Waals surface area contributed by atoms with Gasteiger partial charge in [-0.05, 0) is 31.5 Å². The van der Waals surface area contributed by atoms with Gasteiger partial charge in [-0.15, -0.1) is 0 Å². The first-order valence-corrected chi connectivity index (χ1v) is 11.7. The van der Waals surface area contributed by atoms with Crippen molar-refractivity contribution >= 4 is 34.0 Å². The molecule has 0 unspecified atom stereocenters. The molecule has 3 heterocycles. The summed E-state index contributed by atoms with van der Waals surface area (Å²) < 4.78 is 10.8. The number of nitrogens with zero attached hydrogens (tertiary/aromatic N) is 5. The van der Waals surface area contributed by atoms with E-state index in [1.54, 1.807) is 14.2 Å². The van der Waals surface area contributed by atoms with Crippen LogP contribution in [0.4, 0.5) is 23.1 Å². The molecule has 1 N–H and O–H groups in total. The summed E-state index contributed by atoms with van der Waals surface area (Å²) in [5, 5.41) is 4.57. The summed E-state index contributed by atoms with van der Waals surface area (Å²) in [4.78, 5) is 18.8. The standard InChI is InChI=1S/C27H30N6O2/c1-18-5-6-23-24(13-18)28-8-7-25(23)32-9-11-33(12-10-32)27-29-19(2)14-26(31-27)30-20-15-21(34-3)17-22(16-20)35-4/h5-8,13-17H,9-12H2,1-4H3,(H,29,30,31). The number of rotatable bonds is 6. The summed E-state index contributed by atoms with van der Waals surface area (Å²) in [6, 6.07) is 16.2. The number of fused-ring (bicyclic) bond motifs is 1. The highest BCUT2D eigenvalue weighted by Gasteiger charge is 2.21. The topological polar surface area (TPSA) is 75.6 Å². The van der Waals surface area contributed by atoms with Crippen molar-refractivity contribution in [2.75, 3.05) is 55.5 Å². The molecule has 2 aromatic heterocycles. The number of nitrogens with one attached hydrogen (secondary N) is 1. The summed E-state index contributed by atoms with van der Waals surface area (Å²) in [5.74, 6) is 2.90. The molecule has 5 rings (SSSR count). The van der Waals surface area contributed by atoms with Gasteiger partial charge in [0.15, 0.2) is 0 Å². The fraction of sp³-hybridized carbons (Fsp3) is 0.296. The Bertz CT molecular complexity index is 1330. The van der Waals surface area contributed by atoms with Crippen LogP contribution in [0.15, 0.2) is 54.7 Å². The second-order valence-electron chi connectivity index (χ2n) is 8.75. The first kappa shape index (κ1) is 22.7. The van der Waals surface area contributed by atoms with Crippen molar-refractivity contribution in [1.82, 2.24) is 15.0 Å². The van der Waals surface area contributed by atoms with E-state index in [4.69, 9.17) is 19.4 Å². The number of aromatic nitrogens is 3. The SMILES string of the molecule is COc1cc(Nc2cc(C)nc(N3CCN(c4ccnc5cc(C)ccc45)CC3)n2)cc(OC)c1. The van der Waals surface area contributed by atoms with Gasteiger partial charge in [0.25, 0.3) is 0 Å². The predicted octanol–water partition coefficient (Wildman–Crippen LogP) is 4.73. The molecule has 0 bridgehead atoms. The van der Waals surface area contributed by atoms with Crippen molar-refractivity contribution in [3.05, 3.63) is 66.0 Å². The van der Waals surface area contributed by atoms with Crippen LogP contribution in [-0.4, -0.2) is 55.4 Å². The molecule has 0 atom stereocenters.